The molecule has 0 unspecified atom stereocenters. The Bertz CT molecular complexity index is 2840. The molecule has 10 rings (SSSR count). The lowest BCUT2D eigenvalue weighted by molar-refractivity contribution is 0.669. The van der Waals surface area contributed by atoms with Crippen LogP contribution in [0.2, 0.25) is 0 Å². The summed E-state index contributed by atoms with van der Waals surface area (Å²) < 4.78 is 9.01. The van der Waals surface area contributed by atoms with Crippen LogP contribution in [0, 0.1) is 0 Å². The number of hydrogen-bond acceptors (Lipinski definition) is 3. The highest BCUT2D eigenvalue weighted by Crippen LogP contribution is 2.48. The van der Waals surface area contributed by atoms with E-state index in [0.29, 0.717) is 0 Å². The van der Waals surface area contributed by atoms with Gasteiger partial charge in [-0.2, -0.15) is 0 Å². The summed E-state index contributed by atoms with van der Waals surface area (Å²) in [6.07, 6.45) is 0. The minimum Gasteiger partial charge on any atom is -0.456 e. The molecule has 0 radical (unpaired) electrons. The van der Waals surface area contributed by atoms with Crippen LogP contribution in [0.25, 0.3) is 75.1 Å². The summed E-state index contributed by atoms with van der Waals surface area (Å²) >= 11 is 1.86. The third kappa shape index (κ3) is 4.55. The van der Waals surface area contributed by atoms with Crippen LogP contribution in [-0.2, 0) is 0 Å². The molecule has 0 saturated carbocycles. The standard InChI is InChI=1S/C46H29NOS/c1-2-12-32-29-33(24-23-30(32)11-1)31-25-27-34(28-26-31)47(40-18-10-20-42-46(40)37-14-4-7-19-41(37)48-42)39-17-6-3-13-35(39)36-16-9-22-44-45(36)38-15-5-8-21-43(38)49-44/h1-29H. The van der Waals surface area contributed by atoms with Gasteiger partial charge >= 0.3 is 0 Å². The van der Waals surface area contributed by atoms with Crippen molar-refractivity contribution in [1.29, 1.82) is 0 Å². The van der Waals surface area contributed by atoms with Gasteiger partial charge in [-0.25, -0.2) is 0 Å². The van der Waals surface area contributed by atoms with Crippen molar-refractivity contribution < 1.29 is 4.42 Å². The Morgan fingerprint density at radius 3 is 1.98 bits per heavy atom. The molecule has 8 aromatic carbocycles. The molecule has 0 aliphatic carbocycles. The molecular weight excluding hydrogens is 615 g/mol. The van der Waals surface area contributed by atoms with E-state index >= 15 is 0 Å². The normalized spacial score (nSPS) is 11.7. The highest BCUT2D eigenvalue weighted by atomic mass is 32.1. The van der Waals surface area contributed by atoms with Gasteiger partial charge in [-0.1, -0.05) is 121 Å². The van der Waals surface area contributed by atoms with Crippen LogP contribution in [0.4, 0.5) is 17.1 Å². The van der Waals surface area contributed by atoms with Gasteiger partial charge in [-0.05, 0) is 82.1 Å². The average Bonchev–Trinajstić information content (AvgIpc) is 3.74. The molecule has 2 heterocycles. The van der Waals surface area contributed by atoms with E-state index in [1.54, 1.807) is 0 Å². The Kier molecular flexibility index (Phi) is 6.39. The predicted octanol–water partition coefficient (Wildman–Crippen LogP) is 13.9. The van der Waals surface area contributed by atoms with Crippen molar-refractivity contribution in [3.05, 3.63) is 176 Å². The van der Waals surface area contributed by atoms with Crippen molar-refractivity contribution in [2.45, 2.75) is 0 Å². The molecule has 2 nitrogen and oxygen atoms in total. The molecule has 0 aliphatic heterocycles. The summed E-state index contributed by atoms with van der Waals surface area (Å²) in [5.74, 6) is 0. The molecular formula is C46H29NOS. The molecule has 0 atom stereocenters. The van der Waals surface area contributed by atoms with Gasteiger partial charge < -0.3 is 9.32 Å². The lowest BCUT2D eigenvalue weighted by Crippen LogP contribution is -2.11. The van der Waals surface area contributed by atoms with Crippen LogP contribution in [0.15, 0.2) is 180 Å². The van der Waals surface area contributed by atoms with Crippen molar-refractivity contribution in [1.82, 2.24) is 0 Å². The first-order valence-electron chi connectivity index (χ1n) is 16.6. The van der Waals surface area contributed by atoms with Gasteiger partial charge in [-0.15, -0.1) is 11.3 Å². The van der Waals surface area contributed by atoms with Crippen LogP contribution >= 0.6 is 11.3 Å². The van der Waals surface area contributed by atoms with Crippen LogP contribution < -0.4 is 4.90 Å². The summed E-state index contributed by atoms with van der Waals surface area (Å²) in [6, 6.07) is 63.3. The zero-order valence-corrected chi connectivity index (χ0v) is 27.3. The molecule has 0 fully saturated rings. The van der Waals surface area contributed by atoms with Gasteiger partial charge in [0.15, 0.2) is 0 Å². The predicted molar refractivity (Wildman–Crippen MR) is 210 cm³/mol. The number of hydrogen-bond donors (Lipinski definition) is 0. The Hall–Kier alpha value is -6.16. The maximum absolute atomic E-state index is 6.41. The first-order valence-corrected chi connectivity index (χ1v) is 17.4. The number of benzene rings is 8. The fourth-order valence-electron chi connectivity index (χ4n) is 7.42. The van der Waals surface area contributed by atoms with Crippen molar-refractivity contribution >= 4 is 81.3 Å². The quantitative estimate of drug-likeness (QED) is 0.186. The Morgan fingerprint density at radius 1 is 0.408 bits per heavy atom. The summed E-state index contributed by atoms with van der Waals surface area (Å²) in [5, 5.41) is 7.30. The number of anilines is 3. The van der Waals surface area contributed by atoms with E-state index in [0.717, 1.165) is 39.0 Å². The maximum atomic E-state index is 6.41. The van der Waals surface area contributed by atoms with Gasteiger partial charge in [0, 0.05) is 36.8 Å². The average molecular weight is 644 g/mol. The lowest BCUT2D eigenvalue weighted by atomic mass is 9.96. The largest absolute Gasteiger partial charge is 0.456 e. The molecule has 230 valence electrons. The van der Waals surface area contributed by atoms with Gasteiger partial charge in [-0.3, -0.25) is 0 Å². The van der Waals surface area contributed by atoms with Crippen LogP contribution in [0.5, 0.6) is 0 Å². The number of furan rings is 1. The minimum atomic E-state index is 0.875. The molecule has 3 heteroatoms. The number of fused-ring (bicyclic) bond motifs is 7. The summed E-state index contributed by atoms with van der Waals surface area (Å²) in [5.41, 5.74) is 9.83. The van der Waals surface area contributed by atoms with E-state index in [9.17, 15) is 0 Å². The highest BCUT2D eigenvalue weighted by Gasteiger charge is 2.23. The van der Waals surface area contributed by atoms with Crippen LogP contribution in [0.1, 0.15) is 0 Å². The maximum Gasteiger partial charge on any atom is 0.137 e. The van der Waals surface area contributed by atoms with E-state index < -0.39 is 0 Å². The topological polar surface area (TPSA) is 16.4 Å². The number of nitrogens with zero attached hydrogens (tertiary/aromatic N) is 1. The summed E-state index contributed by atoms with van der Waals surface area (Å²) in [6.45, 7) is 0. The molecule has 0 bridgehead atoms. The third-order valence-corrected chi connectivity index (χ3v) is 10.8. The third-order valence-electron chi connectivity index (χ3n) is 9.67. The first-order chi connectivity index (χ1) is 24.3. The molecule has 0 spiro atoms. The number of thiophene rings is 1. The zero-order chi connectivity index (χ0) is 32.3. The second-order valence-corrected chi connectivity index (χ2v) is 13.6. The fourth-order valence-corrected chi connectivity index (χ4v) is 8.55. The van der Waals surface area contributed by atoms with E-state index in [4.69, 9.17) is 4.42 Å². The van der Waals surface area contributed by atoms with Gasteiger partial charge in [0.1, 0.15) is 11.2 Å². The summed E-state index contributed by atoms with van der Waals surface area (Å²) in [4.78, 5) is 2.41. The Labute approximate surface area is 287 Å². The lowest BCUT2D eigenvalue weighted by Gasteiger charge is -2.29. The number of rotatable bonds is 5. The van der Waals surface area contributed by atoms with E-state index in [1.807, 2.05) is 17.4 Å². The monoisotopic (exact) mass is 643 g/mol. The molecule has 0 amide bonds. The van der Waals surface area contributed by atoms with Crippen molar-refractivity contribution in [2.75, 3.05) is 4.90 Å². The van der Waals surface area contributed by atoms with Crippen LogP contribution in [0.3, 0.4) is 0 Å². The molecule has 10 aromatic rings. The van der Waals surface area contributed by atoms with Gasteiger partial charge in [0.05, 0.1) is 16.8 Å². The molecule has 0 N–H and O–H groups in total. The number of para-hydroxylation sites is 2. The van der Waals surface area contributed by atoms with Crippen molar-refractivity contribution in [2.24, 2.45) is 0 Å². The van der Waals surface area contributed by atoms with E-state index in [-0.39, 0.29) is 0 Å². The van der Waals surface area contributed by atoms with Gasteiger partial charge in [0.2, 0.25) is 0 Å². The van der Waals surface area contributed by atoms with Gasteiger partial charge in [0.25, 0.3) is 0 Å². The molecule has 49 heavy (non-hydrogen) atoms. The molecule has 0 aliphatic rings. The zero-order valence-electron chi connectivity index (χ0n) is 26.5. The molecule has 0 saturated heterocycles. The smallest absolute Gasteiger partial charge is 0.137 e. The van der Waals surface area contributed by atoms with Crippen molar-refractivity contribution in [3.63, 3.8) is 0 Å². The highest BCUT2D eigenvalue weighted by molar-refractivity contribution is 7.25. The second kappa shape index (κ2) is 11.2. The summed E-state index contributed by atoms with van der Waals surface area (Å²) in [7, 11) is 0. The minimum absolute atomic E-state index is 0.875. The molecule has 2 aromatic heterocycles. The Morgan fingerprint density at radius 2 is 1.06 bits per heavy atom. The second-order valence-electron chi connectivity index (χ2n) is 12.5. The van der Waals surface area contributed by atoms with Crippen molar-refractivity contribution in [3.8, 4) is 22.3 Å². The fraction of sp³-hybridized carbons (Fsp3) is 0. The van der Waals surface area contributed by atoms with E-state index in [1.165, 1.54) is 53.2 Å². The Balaban J connectivity index is 1.22. The van der Waals surface area contributed by atoms with E-state index in [2.05, 4.69) is 175 Å². The first kappa shape index (κ1) is 27.9. The SMILES string of the molecule is c1ccc(N(c2ccc(-c3ccc4ccccc4c3)cc2)c2cccc3oc4ccccc4c23)c(-c2cccc3sc4ccccc4c23)c1. The van der Waals surface area contributed by atoms with Crippen LogP contribution in [-0.4, -0.2) is 0 Å².